The predicted octanol–water partition coefficient (Wildman–Crippen LogP) is 2.96. The first kappa shape index (κ1) is 11.4. The van der Waals surface area contributed by atoms with Gasteiger partial charge in [0.25, 0.3) is 0 Å². The third-order valence-corrected chi connectivity index (χ3v) is 3.25. The Bertz CT molecular complexity index is 431. The monoisotopic (exact) mass is 239 g/mol. The Labute approximate surface area is 99.8 Å². The molecule has 0 saturated heterocycles. The lowest BCUT2D eigenvalue weighted by Gasteiger charge is -2.23. The molecule has 0 spiro atoms. The lowest BCUT2D eigenvalue weighted by molar-refractivity contribution is 0.0599. The SMILES string of the molecule is COC(=O)c1cc(Cl)nc2c1CCCC2C. The topological polar surface area (TPSA) is 39.2 Å². The summed E-state index contributed by atoms with van der Waals surface area (Å²) in [7, 11) is 1.38. The maximum Gasteiger partial charge on any atom is 0.338 e. The van der Waals surface area contributed by atoms with Crippen LogP contribution in [0.1, 0.15) is 47.3 Å². The van der Waals surface area contributed by atoms with Gasteiger partial charge in [-0.1, -0.05) is 18.5 Å². The minimum Gasteiger partial charge on any atom is -0.465 e. The van der Waals surface area contributed by atoms with E-state index in [-0.39, 0.29) is 5.97 Å². The summed E-state index contributed by atoms with van der Waals surface area (Å²) in [6.07, 6.45) is 3.07. The molecular formula is C12H14ClNO2. The predicted molar refractivity (Wildman–Crippen MR) is 61.9 cm³/mol. The molecule has 2 rings (SSSR count). The van der Waals surface area contributed by atoms with Crippen molar-refractivity contribution in [3.8, 4) is 0 Å². The molecule has 0 saturated carbocycles. The number of esters is 1. The van der Waals surface area contributed by atoms with Crippen molar-refractivity contribution in [2.75, 3.05) is 7.11 Å². The van der Waals surface area contributed by atoms with E-state index in [9.17, 15) is 4.79 Å². The van der Waals surface area contributed by atoms with E-state index >= 15 is 0 Å². The quantitative estimate of drug-likeness (QED) is 0.559. The number of hydrogen-bond donors (Lipinski definition) is 0. The second-order valence-corrected chi connectivity index (χ2v) is 4.53. The van der Waals surface area contributed by atoms with Crippen molar-refractivity contribution in [2.45, 2.75) is 32.1 Å². The number of pyridine rings is 1. The van der Waals surface area contributed by atoms with Crippen LogP contribution in [0, 0.1) is 0 Å². The molecule has 1 aromatic rings. The van der Waals surface area contributed by atoms with Crippen LogP contribution in [0.4, 0.5) is 0 Å². The van der Waals surface area contributed by atoms with Gasteiger partial charge in [0.15, 0.2) is 0 Å². The molecule has 0 aromatic carbocycles. The molecule has 1 aliphatic rings. The highest BCUT2D eigenvalue weighted by Gasteiger charge is 2.24. The van der Waals surface area contributed by atoms with Crippen LogP contribution in [0.15, 0.2) is 6.07 Å². The third-order valence-electron chi connectivity index (χ3n) is 3.06. The summed E-state index contributed by atoms with van der Waals surface area (Å²) in [5.74, 6) is 0.0421. The van der Waals surface area contributed by atoms with Crippen LogP contribution in [0.25, 0.3) is 0 Å². The van der Waals surface area contributed by atoms with Crippen LogP contribution >= 0.6 is 11.6 Å². The summed E-state index contributed by atoms with van der Waals surface area (Å²) >= 11 is 5.93. The van der Waals surface area contributed by atoms with Crippen molar-refractivity contribution in [1.29, 1.82) is 0 Å². The third kappa shape index (κ3) is 1.92. The van der Waals surface area contributed by atoms with E-state index in [4.69, 9.17) is 16.3 Å². The fourth-order valence-electron chi connectivity index (χ4n) is 2.24. The molecule has 0 N–H and O–H groups in total. The summed E-state index contributed by atoms with van der Waals surface area (Å²) < 4.78 is 4.77. The summed E-state index contributed by atoms with van der Waals surface area (Å²) in [6, 6.07) is 1.60. The normalized spacial score (nSPS) is 19.1. The molecule has 0 fully saturated rings. The highest BCUT2D eigenvalue weighted by atomic mass is 35.5. The van der Waals surface area contributed by atoms with E-state index in [0.717, 1.165) is 30.5 Å². The Morgan fingerprint density at radius 1 is 1.62 bits per heavy atom. The first-order valence-electron chi connectivity index (χ1n) is 5.41. The molecule has 1 aromatic heterocycles. The molecule has 1 aliphatic carbocycles. The van der Waals surface area contributed by atoms with Gasteiger partial charge in [0, 0.05) is 5.69 Å². The molecule has 1 heterocycles. The number of carbonyl (C=O) groups excluding carboxylic acids is 1. The molecule has 1 unspecified atom stereocenters. The van der Waals surface area contributed by atoms with Gasteiger partial charge >= 0.3 is 5.97 Å². The van der Waals surface area contributed by atoms with Gasteiger partial charge in [-0.3, -0.25) is 0 Å². The number of aromatic nitrogens is 1. The highest BCUT2D eigenvalue weighted by Crippen LogP contribution is 2.33. The molecule has 0 amide bonds. The minimum atomic E-state index is -0.324. The molecule has 1 atom stereocenters. The fourth-order valence-corrected chi connectivity index (χ4v) is 2.44. The second-order valence-electron chi connectivity index (χ2n) is 4.14. The van der Waals surface area contributed by atoms with Gasteiger partial charge in [-0.25, -0.2) is 9.78 Å². The van der Waals surface area contributed by atoms with Gasteiger partial charge in [0.1, 0.15) is 5.15 Å². The van der Waals surface area contributed by atoms with Crippen molar-refractivity contribution in [2.24, 2.45) is 0 Å². The van der Waals surface area contributed by atoms with Crippen LogP contribution in [-0.2, 0) is 11.2 Å². The number of methoxy groups -OCH3 is 1. The zero-order chi connectivity index (χ0) is 11.7. The van der Waals surface area contributed by atoms with Crippen molar-refractivity contribution < 1.29 is 9.53 Å². The zero-order valence-electron chi connectivity index (χ0n) is 9.42. The van der Waals surface area contributed by atoms with Crippen LogP contribution < -0.4 is 0 Å². The average molecular weight is 240 g/mol. The van der Waals surface area contributed by atoms with Crippen LogP contribution in [-0.4, -0.2) is 18.1 Å². The van der Waals surface area contributed by atoms with E-state index in [1.165, 1.54) is 7.11 Å². The van der Waals surface area contributed by atoms with E-state index in [1.54, 1.807) is 6.07 Å². The van der Waals surface area contributed by atoms with Gasteiger partial charge in [-0.2, -0.15) is 0 Å². The number of carbonyl (C=O) groups is 1. The number of rotatable bonds is 1. The van der Waals surface area contributed by atoms with Crippen LogP contribution in [0.2, 0.25) is 5.15 Å². The molecular weight excluding hydrogens is 226 g/mol. The van der Waals surface area contributed by atoms with Crippen LogP contribution in [0.3, 0.4) is 0 Å². The molecule has 0 radical (unpaired) electrons. The highest BCUT2D eigenvalue weighted by molar-refractivity contribution is 6.29. The number of halogens is 1. The Balaban J connectivity index is 2.57. The Kier molecular flexibility index (Phi) is 3.15. The zero-order valence-corrected chi connectivity index (χ0v) is 10.2. The molecule has 3 nitrogen and oxygen atoms in total. The largest absolute Gasteiger partial charge is 0.465 e. The summed E-state index contributed by atoms with van der Waals surface area (Å²) in [5, 5.41) is 0.368. The smallest absolute Gasteiger partial charge is 0.338 e. The summed E-state index contributed by atoms with van der Waals surface area (Å²) in [5.41, 5.74) is 2.54. The maximum absolute atomic E-state index is 11.6. The first-order chi connectivity index (χ1) is 7.63. The van der Waals surface area contributed by atoms with Crippen molar-refractivity contribution in [3.05, 3.63) is 28.0 Å². The molecule has 0 bridgehead atoms. The van der Waals surface area contributed by atoms with Gasteiger partial charge in [-0.05, 0) is 36.8 Å². The average Bonchev–Trinajstić information content (AvgIpc) is 2.28. The Hall–Kier alpha value is -1.09. The van der Waals surface area contributed by atoms with E-state index in [2.05, 4.69) is 11.9 Å². The number of hydrogen-bond acceptors (Lipinski definition) is 3. The van der Waals surface area contributed by atoms with Crippen LogP contribution in [0.5, 0.6) is 0 Å². The number of fused-ring (bicyclic) bond motifs is 1. The van der Waals surface area contributed by atoms with E-state index in [1.807, 2.05) is 0 Å². The Morgan fingerprint density at radius 2 is 2.38 bits per heavy atom. The van der Waals surface area contributed by atoms with Gasteiger partial charge < -0.3 is 4.74 Å². The maximum atomic E-state index is 11.6. The minimum absolute atomic E-state index is 0.324. The standard InChI is InChI=1S/C12H14ClNO2/c1-7-4-3-5-8-9(12(15)16-2)6-10(13)14-11(7)8/h6-7H,3-5H2,1-2H3. The molecule has 86 valence electrons. The first-order valence-corrected chi connectivity index (χ1v) is 5.79. The summed E-state index contributed by atoms with van der Waals surface area (Å²) in [6.45, 7) is 2.11. The second kappa shape index (κ2) is 4.42. The molecule has 16 heavy (non-hydrogen) atoms. The lowest BCUT2D eigenvalue weighted by Crippen LogP contribution is -2.16. The molecule has 0 aliphatic heterocycles. The lowest BCUT2D eigenvalue weighted by atomic mass is 9.85. The number of ether oxygens (including phenoxy) is 1. The van der Waals surface area contributed by atoms with Gasteiger partial charge in [0.2, 0.25) is 0 Å². The van der Waals surface area contributed by atoms with E-state index < -0.39 is 0 Å². The van der Waals surface area contributed by atoms with Gasteiger partial charge in [0.05, 0.1) is 12.7 Å². The Morgan fingerprint density at radius 3 is 3.06 bits per heavy atom. The van der Waals surface area contributed by atoms with Crippen molar-refractivity contribution >= 4 is 17.6 Å². The molecule has 4 heteroatoms. The van der Waals surface area contributed by atoms with Gasteiger partial charge in [-0.15, -0.1) is 0 Å². The summed E-state index contributed by atoms with van der Waals surface area (Å²) in [4.78, 5) is 16.0. The number of nitrogens with zero attached hydrogens (tertiary/aromatic N) is 1. The fraction of sp³-hybridized carbons (Fsp3) is 0.500. The van der Waals surface area contributed by atoms with Crippen molar-refractivity contribution in [3.63, 3.8) is 0 Å². The van der Waals surface area contributed by atoms with E-state index in [0.29, 0.717) is 16.6 Å². The van der Waals surface area contributed by atoms with Crippen molar-refractivity contribution in [1.82, 2.24) is 4.98 Å².